The second-order valence-electron chi connectivity index (χ2n) is 4.05. The van der Waals surface area contributed by atoms with Gasteiger partial charge in [0.2, 0.25) is 0 Å². The third-order valence-electron chi connectivity index (χ3n) is 2.76. The monoisotopic (exact) mass is 299 g/mol. The molecule has 0 saturated carbocycles. The highest BCUT2D eigenvalue weighted by Crippen LogP contribution is 2.35. The van der Waals surface area contributed by atoms with E-state index in [9.17, 15) is 13.2 Å². The summed E-state index contributed by atoms with van der Waals surface area (Å²) in [7, 11) is 0. The summed E-state index contributed by atoms with van der Waals surface area (Å²) >= 11 is 0.536. The van der Waals surface area contributed by atoms with Crippen molar-refractivity contribution in [3.63, 3.8) is 0 Å². The van der Waals surface area contributed by atoms with Gasteiger partial charge in [0, 0.05) is 29.0 Å². The van der Waals surface area contributed by atoms with Crippen LogP contribution in [0.1, 0.15) is 21.5 Å². The second-order valence-corrected chi connectivity index (χ2v) is 5.11. The molecule has 1 atom stereocenters. The number of halogens is 3. The van der Waals surface area contributed by atoms with Crippen molar-refractivity contribution in [2.24, 2.45) is 5.73 Å². The molecule has 0 aliphatic carbocycles. The minimum atomic E-state index is -4.45. The maximum atomic E-state index is 12.5. The van der Waals surface area contributed by atoms with Crippen molar-refractivity contribution >= 4 is 16.9 Å². The van der Waals surface area contributed by atoms with Crippen LogP contribution in [0, 0.1) is 0 Å². The topological polar surface area (TPSA) is 69.1 Å². The van der Waals surface area contributed by atoms with E-state index in [0.29, 0.717) is 27.3 Å². The van der Waals surface area contributed by atoms with Crippen LogP contribution in [0.5, 0.6) is 0 Å². The van der Waals surface area contributed by atoms with Gasteiger partial charge in [0.1, 0.15) is 0 Å². The highest BCUT2D eigenvalue weighted by molar-refractivity contribution is 7.11. The fourth-order valence-corrected chi connectivity index (χ4v) is 2.61. The van der Waals surface area contributed by atoms with E-state index in [-0.39, 0.29) is 0 Å². The second kappa shape index (κ2) is 4.53. The molecule has 0 amide bonds. The molecule has 2 N–H and O–H groups in total. The van der Waals surface area contributed by atoms with Crippen LogP contribution in [0.15, 0.2) is 31.0 Å². The number of thiazole rings is 1. The summed E-state index contributed by atoms with van der Waals surface area (Å²) in [5.41, 5.74) is 7.27. The Morgan fingerprint density at radius 3 is 2.75 bits per heavy atom. The Balaban J connectivity index is 2.00. The summed E-state index contributed by atoms with van der Waals surface area (Å²) in [6.45, 7) is 0. The molecular weight excluding hydrogens is 291 g/mol. The molecule has 20 heavy (non-hydrogen) atoms. The Labute approximate surface area is 114 Å². The zero-order valence-corrected chi connectivity index (χ0v) is 10.7. The quantitative estimate of drug-likeness (QED) is 0.788. The number of fused-ring (bicyclic) bond motifs is 1. The number of nitrogens with zero attached hydrogens (tertiary/aromatic N) is 4. The highest BCUT2D eigenvalue weighted by Gasteiger charge is 2.35. The van der Waals surface area contributed by atoms with E-state index in [0.717, 1.165) is 6.20 Å². The third kappa shape index (κ3) is 2.14. The van der Waals surface area contributed by atoms with Gasteiger partial charge in [0.15, 0.2) is 5.01 Å². The Bertz CT molecular complexity index is 748. The molecule has 0 spiro atoms. The summed E-state index contributed by atoms with van der Waals surface area (Å²) < 4.78 is 39.2. The molecule has 0 aliphatic rings. The first-order valence-corrected chi connectivity index (χ1v) is 6.34. The third-order valence-corrected chi connectivity index (χ3v) is 3.89. The molecule has 0 saturated heterocycles. The van der Waals surface area contributed by atoms with Gasteiger partial charge in [-0.1, -0.05) is 0 Å². The minimum absolute atomic E-state index is 0.330. The Morgan fingerprint density at radius 2 is 2.05 bits per heavy atom. The van der Waals surface area contributed by atoms with Crippen molar-refractivity contribution in [3.05, 3.63) is 46.4 Å². The Kier molecular flexibility index (Phi) is 2.94. The molecule has 0 radical (unpaired) electrons. The smallest absolute Gasteiger partial charge is 0.319 e. The van der Waals surface area contributed by atoms with Crippen LogP contribution in [0.3, 0.4) is 0 Å². The lowest BCUT2D eigenvalue weighted by molar-refractivity contribution is -0.137. The minimum Gasteiger partial charge on any atom is -0.319 e. The van der Waals surface area contributed by atoms with Gasteiger partial charge in [0.05, 0.1) is 24.0 Å². The molecule has 0 aromatic carbocycles. The number of alkyl halides is 3. The largest absolute Gasteiger partial charge is 0.443 e. The molecule has 0 fully saturated rings. The molecule has 3 aromatic heterocycles. The van der Waals surface area contributed by atoms with Crippen LogP contribution < -0.4 is 5.73 Å². The van der Waals surface area contributed by atoms with Crippen molar-refractivity contribution in [1.29, 1.82) is 0 Å². The van der Waals surface area contributed by atoms with E-state index in [2.05, 4.69) is 15.1 Å². The standard InChI is InChI=1S/C11H8F3N5S/c12-11(13,14)10-17-5-8(20-10)9(15)6-3-18-19-2-1-16-4-7(6)19/h1-5,9H,15H2. The van der Waals surface area contributed by atoms with E-state index < -0.39 is 17.2 Å². The van der Waals surface area contributed by atoms with Crippen molar-refractivity contribution in [1.82, 2.24) is 19.6 Å². The van der Waals surface area contributed by atoms with E-state index in [4.69, 9.17) is 5.73 Å². The van der Waals surface area contributed by atoms with Crippen molar-refractivity contribution in [2.75, 3.05) is 0 Å². The average molecular weight is 299 g/mol. The van der Waals surface area contributed by atoms with Crippen molar-refractivity contribution < 1.29 is 13.2 Å². The molecule has 9 heteroatoms. The van der Waals surface area contributed by atoms with Gasteiger partial charge in [0.25, 0.3) is 0 Å². The van der Waals surface area contributed by atoms with E-state index in [1.807, 2.05) is 0 Å². The summed E-state index contributed by atoms with van der Waals surface area (Å²) in [5.74, 6) is 0. The maximum Gasteiger partial charge on any atom is 0.443 e. The molecule has 1 unspecified atom stereocenters. The summed E-state index contributed by atoms with van der Waals surface area (Å²) in [5, 5.41) is 3.17. The van der Waals surface area contributed by atoms with Crippen molar-refractivity contribution in [2.45, 2.75) is 12.2 Å². The van der Waals surface area contributed by atoms with Gasteiger partial charge in [-0.25, -0.2) is 9.50 Å². The molecule has 3 rings (SSSR count). The number of hydrogen-bond acceptors (Lipinski definition) is 5. The first-order valence-electron chi connectivity index (χ1n) is 5.52. The van der Waals surface area contributed by atoms with Gasteiger partial charge >= 0.3 is 6.18 Å². The van der Waals surface area contributed by atoms with Gasteiger partial charge in [-0.3, -0.25) is 4.98 Å². The van der Waals surface area contributed by atoms with Crippen molar-refractivity contribution in [3.8, 4) is 0 Å². The predicted molar refractivity (Wildman–Crippen MR) is 66.1 cm³/mol. The van der Waals surface area contributed by atoms with E-state index in [1.165, 1.54) is 6.20 Å². The van der Waals surface area contributed by atoms with Crippen LogP contribution in [0.2, 0.25) is 0 Å². The Morgan fingerprint density at radius 1 is 1.25 bits per heavy atom. The van der Waals surface area contributed by atoms with Crippen LogP contribution in [-0.2, 0) is 6.18 Å². The lowest BCUT2D eigenvalue weighted by Gasteiger charge is -2.07. The summed E-state index contributed by atoms with van der Waals surface area (Å²) in [4.78, 5) is 7.66. The number of rotatable bonds is 2. The number of hydrogen-bond donors (Lipinski definition) is 1. The average Bonchev–Trinajstić information content (AvgIpc) is 3.04. The van der Waals surface area contributed by atoms with Gasteiger partial charge in [-0.15, -0.1) is 11.3 Å². The first-order chi connectivity index (χ1) is 9.47. The number of nitrogens with two attached hydrogens (primary N) is 1. The molecule has 0 aliphatic heterocycles. The number of aromatic nitrogens is 4. The molecule has 104 valence electrons. The fourth-order valence-electron chi connectivity index (χ4n) is 1.81. The normalized spacial score (nSPS) is 13.8. The van der Waals surface area contributed by atoms with Gasteiger partial charge in [-0.05, 0) is 0 Å². The van der Waals surface area contributed by atoms with Crippen LogP contribution in [-0.4, -0.2) is 19.6 Å². The van der Waals surface area contributed by atoms with Crippen LogP contribution in [0.25, 0.3) is 5.52 Å². The Hall–Kier alpha value is -2.00. The lowest BCUT2D eigenvalue weighted by atomic mass is 10.1. The fraction of sp³-hybridized carbons (Fsp3) is 0.182. The summed E-state index contributed by atoms with van der Waals surface area (Å²) in [6.07, 6.45) is 2.98. The highest BCUT2D eigenvalue weighted by atomic mass is 32.1. The van der Waals surface area contributed by atoms with Gasteiger partial charge < -0.3 is 5.73 Å². The molecular formula is C11H8F3N5S. The summed E-state index contributed by atoms with van der Waals surface area (Å²) in [6, 6.07) is -0.717. The van der Waals surface area contributed by atoms with E-state index >= 15 is 0 Å². The zero-order valence-electron chi connectivity index (χ0n) is 9.87. The maximum absolute atomic E-state index is 12.5. The molecule has 3 aromatic rings. The van der Waals surface area contributed by atoms with E-state index in [1.54, 1.807) is 23.1 Å². The van der Waals surface area contributed by atoms with Gasteiger partial charge in [-0.2, -0.15) is 18.3 Å². The zero-order chi connectivity index (χ0) is 14.3. The molecule has 3 heterocycles. The molecule has 0 bridgehead atoms. The van der Waals surface area contributed by atoms with Crippen LogP contribution in [0.4, 0.5) is 13.2 Å². The molecule has 5 nitrogen and oxygen atoms in total. The first kappa shape index (κ1) is 13.0. The van der Waals surface area contributed by atoms with Crippen LogP contribution >= 0.6 is 11.3 Å². The SMILES string of the molecule is NC(c1cnc(C(F)(F)F)s1)c1cnn2ccncc12. The predicted octanol–water partition coefficient (Wildman–Crippen LogP) is 2.25. The lowest BCUT2D eigenvalue weighted by Crippen LogP contribution is -2.10.